The number of aryl methyl sites for hydroxylation is 1. The zero-order valence-corrected chi connectivity index (χ0v) is 8.91. The third kappa shape index (κ3) is 4.66. The van der Waals surface area contributed by atoms with Gasteiger partial charge in [-0.3, -0.25) is 14.2 Å². The molecule has 0 aliphatic heterocycles. The Kier molecular flexibility index (Phi) is 3.87. The quantitative estimate of drug-likeness (QED) is 0.834. The van der Waals surface area contributed by atoms with Crippen molar-refractivity contribution in [1.82, 2.24) is 14.9 Å². The zero-order valence-electron chi connectivity index (χ0n) is 8.91. The molecule has 0 saturated heterocycles. The van der Waals surface area contributed by atoms with Gasteiger partial charge in [0, 0.05) is 11.8 Å². The number of hydrogen-bond donors (Lipinski definition) is 1. The molecule has 5 nitrogen and oxygen atoms in total. The number of carbonyl (C=O) groups excluding carboxylic acids is 1. The Morgan fingerprint density at radius 1 is 1.53 bits per heavy atom. The van der Waals surface area contributed by atoms with E-state index in [1.807, 2.05) is 0 Å². The molecule has 0 radical (unpaired) electrons. The topological polar surface area (TPSA) is 64.0 Å². The van der Waals surface area contributed by atoms with Gasteiger partial charge in [0.05, 0.1) is 6.33 Å². The van der Waals surface area contributed by atoms with Crippen LogP contribution in [0.4, 0.5) is 13.2 Å². The van der Waals surface area contributed by atoms with Crippen LogP contribution in [0.5, 0.6) is 0 Å². The fourth-order valence-electron chi connectivity index (χ4n) is 1.04. The number of amides is 1. The first kappa shape index (κ1) is 13.2. The Balaban J connectivity index is 2.60. The van der Waals surface area contributed by atoms with E-state index in [2.05, 4.69) is 4.98 Å². The number of carbonyl (C=O) groups is 1. The van der Waals surface area contributed by atoms with Crippen molar-refractivity contribution in [2.45, 2.75) is 19.6 Å². The number of rotatable bonds is 3. The fourth-order valence-corrected chi connectivity index (χ4v) is 1.04. The second-order valence-electron chi connectivity index (χ2n) is 3.39. The number of nitrogens with one attached hydrogen (secondary N) is 1. The van der Waals surface area contributed by atoms with Gasteiger partial charge in [-0.1, -0.05) is 0 Å². The average Bonchev–Trinajstić information content (AvgIpc) is 2.18. The number of hydrogen-bond acceptors (Lipinski definition) is 3. The van der Waals surface area contributed by atoms with Crippen LogP contribution in [-0.2, 0) is 11.3 Å². The van der Waals surface area contributed by atoms with Crippen LogP contribution in [0.2, 0.25) is 0 Å². The molecule has 0 saturated carbocycles. The van der Waals surface area contributed by atoms with E-state index in [0.29, 0.717) is 5.69 Å². The lowest BCUT2D eigenvalue weighted by Crippen LogP contribution is -2.37. The smallest absolute Gasteiger partial charge is 0.345 e. The lowest BCUT2D eigenvalue weighted by molar-refractivity contribution is -0.138. The molecule has 1 N–H and O–H groups in total. The summed E-state index contributed by atoms with van der Waals surface area (Å²) in [6.07, 6.45) is -3.35. The number of halogens is 3. The SMILES string of the molecule is Cc1cc(=O)n(CC(=O)NCC(F)(F)F)cn1. The van der Waals surface area contributed by atoms with Crippen molar-refractivity contribution in [3.05, 3.63) is 28.4 Å². The Hall–Kier alpha value is -1.86. The predicted molar refractivity (Wildman–Crippen MR) is 52.3 cm³/mol. The molecule has 1 heterocycles. The molecule has 0 spiro atoms. The molecular formula is C9H10F3N3O2. The van der Waals surface area contributed by atoms with Crippen LogP contribution < -0.4 is 10.9 Å². The summed E-state index contributed by atoms with van der Waals surface area (Å²) < 4.78 is 36.3. The molecular weight excluding hydrogens is 239 g/mol. The first-order valence-electron chi connectivity index (χ1n) is 4.64. The van der Waals surface area contributed by atoms with Crippen LogP contribution in [0.1, 0.15) is 5.69 Å². The zero-order chi connectivity index (χ0) is 13.1. The summed E-state index contributed by atoms with van der Waals surface area (Å²) in [5, 5.41) is 1.66. The first-order chi connectivity index (χ1) is 7.78. The van der Waals surface area contributed by atoms with Crippen molar-refractivity contribution in [1.29, 1.82) is 0 Å². The van der Waals surface area contributed by atoms with E-state index < -0.39 is 30.7 Å². The maximum absolute atomic E-state index is 11.8. The van der Waals surface area contributed by atoms with E-state index >= 15 is 0 Å². The molecule has 1 aromatic heterocycles. The van der Waals surface area contributed by atoms with Crippen molar-refractivity contribution in [2.75, 3.05) is 6.54 Å². The summed E-state index contributed by atoms with van der Waals surface area (Å²) in [5.74, 6) is -0.893. The highest BCUT2D eigenvalue weighted by Crippen LogP contribution is 2.11. The summed E-state index contributed by atoms with van der Waals surface area (Å²) in [4.78, 5) is 26.2. The second-order valence-corrected chi connectivity index (χ2v) is 3.39. The van der Waals surface area contributed by atoms with Gasteiger partial charge in [-0.25, -0.2) is 4.98 Å². The van der Waals surface area contributed by atoms with E-state index in [1.54, 1.807) is 12.2 Å². The summed E-state index contributed by atoms with van der Waals surface area (Å²) in [6, 6.07) is 1.19. The van der Waals surface area contributed by atoms with E-state index in [4.69, 9.17) is 0 Å². The Morgan fingerprint density at radius 2 is 2.18 bits per heavy atom. The van der Waals surface area contributed by atoms with Crippen LogP contribution in [-0.4, -0.2) is 28.2 Å². The summed E-state index contributed by atoms with van der Waals surface area (Å²) in [7, 11) is 0. The number of nitrogens with zero attached hydrogens (tertiary/aromatic N) is 2. The first-order valence-corrected chi connectivity index (χ1v) is 4.64. The van der Waals surface area contributed by atoms with E-state index in [0.717, 1.165) is 10.9 Å². The normalized spacial score (nSPS) is 11.3. The van der Waals surface area contributed by atoms with E-state index in [-0.39, 0.29) is 0 Å². The highest BCUT2D eigenvalue weighted by Gasteiger charge is 2.27. The van der Waals surface area contributed by atoms with Crippen LogP contribution >= 0.6 is 0 Å². The van der Waals surface area contributed by atoms with Crippen molar-refractivity contribution >= 4 is 5.91 Å². The van der Waals surface area contributed by atoms with Crippen LogP contribution in [0.3, 0.4) is 0 Å². The summed E-state index contributed by atoms with van der Waals surface area (Å²) in [6.45, 7) is -0.308. The average molecular weight is 249 g/mol. The maximum atomic E-state index is 11.8. The van der Waals surface area contributed by atoms with Crippen molar-refractivity contribution in [2.24, 2.45) is 0 Å². The maximum Gasteiger partial charge on any atom is 0.405 e. The Morgan fingerprint density at radius 3 is 2.71 bits per heavy atom. The molecule has 1 aromatic rings. The standard InChI is InChI=1S/C9H10F3N3O2/c1-6-2-8(17)15(5-14-6)3-7(16)13-4-9(10,11)12/h2,5H,3-4H2,1H3,(H,13,16). The Bertz CT molecular complexity index is 467. The molecule has 8 heteroatoms. The monoisotopic (exact) mass is 249 g/mol. The Labute approximate surface area is 94.3 Å². The molecule has 0 aliphatic carbocycles. The molecule has 17 heavy (non-hydrogen) atoms. The van der Waals surface area contributed by atoms with Crippen LogP contribution in [0.15, 0.2) is 17.2 Å². The predicted octanol–water partition coefficient (Wildman–Crippen LogP) is 0.230. The van der Waals surface area contributed by atoms with E-state index in [9.17, 15) is 22.8 Å². The van der Waals surface area contributed by atoms with Gasteiger partial charge in [0.1, 0.15) is 13.1 Å². The minimum Gasteiger partial charge on any atom is -0.345 e. The van der Waals surface area contributed by atoms with Crippen LogP contribution in [0, 0.1) is 6.92 Å². The number of alkyl halides is 3. The van der Waals surface area contributed by atoms with Gasteiger partial charge in [0.2, 0.25) is 5.91 Å². The van der Waals surface area contributed by atoms with Gasteiger partial charge < -0.3 is 5.32 Å². The minimum atomic E-state index is -4.47. The van der Waals surface area contributed by atoms with Gasteiger partial charge in [0.25, 0.3) is 5.56 Å². The molecule has 1 amide bonds. The van der Waals surface area contributed by atoms with Gasteiger partial charge in [-0.2, -0.15) is 13.2 Å². The second kappa shape index (κ2) is 4.98. The third-order valence-corrected chi connectivity index (χ3v) is 1.82. The van der Waals surface area contributed by atoms with Gasteiger partial charge in [-0.05, 0) is 6.92 Å². The number of aromatic nitrogens is 2. The third-order valence-electron chi connectivity index (χ3n) is 1.82. The highest BCUT2D eigenvalue weighted by molar-refractivity contribution is 5.75. The summed E-state index contributed by atoms with van der Waals surface area (Å²) in [5.41, 5.74) is -0.0124. The molecule has 94 valence electrons. The van der Waals surface area contributed by atoms with Gasteiger partial charge in [-0.15, -0.1) is 0 Å². The summed E-state index contributed by atoms with van der Waals surface area (Å²) >= 11 is 0. The largest absolute Gasteiger partial charge is 0.405 e. The molecule has 1 rings (SSSR count). The fraction of sp³-hybridized carbons (Fsp3) is 0.444. The van der Waals surface area contributed by atoms with E-state index in [1.165, 1.54) is 6.07 Å². The van der Waals surface area contributed by atoms with Crippen molar-refractivity contribution in [3.8, 4) is 0 Å². The lowest BCUT2D eigenvalue weighted by Gasteiger charge is -2.09. The minimum absolute atomic E-state index is 0.474. The van der Waals surface area contributed by atoms with Crippen molar-refractivity contribution < 1.29 is 18.0 Å². The lowest BCUT2D eigenvalue weighted by atomic mass is 10.4. The molecule has 0 unspecified atom stereocenters. The van der Waals surface area contributed by atoms with Crippen molar-refractivity contribution in [3.63, 3.8) is 0 Å². The molecule has 0 fully saturated rings. The van der Waals surface area contributed by atoms with Crippen LogP contribution in [0.25, 0.3) is 0 Å². The molecule has 0 bridgehead atoms. The highest BCUT2D eigenvalue weighted by atomic mass is 19.4. The van der Waals surface area contributed by atoms with Gasteiger partial charge >= 0.3 is 6.18 Å². The molecule has 0 aliphatic rings. The van der Waals surface area contributed by atoms with Gasteiger partial charge in [0.15, 0.2) is 0 Å². The molecule has 0 atom stereocenters. The molecule has 0 aromatic carbocycles.